The van der Waals surface area contributed by atoms with Crippen LogP contribution < -0.4 is 48.5 Å². The molecule has 0 amide bonds. The van der Waals surface area contributed by atoms with Crippen molar-refractivity contribution in [2.75, 3.05) is 80.6 Å². The van der Waals surface area contributed by atoms with Gasteiger partial charge in [-0.2, -0.15) is 0 Å². The fourth-order valence-electron chi connectivity index (χ4n) is 6.54. The van der Waals surface area contributed by atoms with Gasteiger partial charge in [-0.3, -0.25) is 9.59 Å². The van der Waals surface area contributed by atoms with E-state index in [1.807, 2.05) is 12.1 Å². The number of nitrogens with one attached hydrogen (secondary N) is 2. The maximum atomic E-state index is 16.1. The number of ether oxygens (including phenoxy) is 8. The molecular formula is C42H48N2O14S. The van der Waals surface area contributed by atoms with Crippen molar-refractivity contribution in [1.82, 2.24) is 0 Å². The lowest BCUT2D eigenvalue weighted by atomic mass is 10.0. The van der Waals surface area contributed by atoms with Gasteiger partial charge < -0.3 is 58.7 Å². The molecule has 0 radical (unpaired) electrons. The largest absolute Gasteiger partial charge is 0.494 e. The number of sulfone groups is 1. The van der Waals surface area contributed by atoms with Gasteiger partial charge in [-0.1, -0.05) is 85.0 Å². The van der Waals surface area contributed by atoms with Crippen LogP contribution in [0.4, 0.5) is 11.4 Å². The Bertz CT molecular complexity index is 2110. The Hall–Kier alpha value is -6.75. The van der Waals surface area contributed by atoms with Gasteiger partial charge >= 0.3 is 11.9 Å². The van der Waals surface area contributed by atoms with E-state index in [-0.39, 0.29) is 68.5 Å². The number of carboxylic acid groups (broad SMARTS) is 2. The first-order valence-corrected chi connectivity index (χ1v) is 19.4. The molecule has 4 rings (SSSR count). The summed E-state index contributed by atoms with van der Waals surface area (Å²) in [6.45, 7) is -1.24. The Morgan fingerprint density at radius 2 is 0.814 bits per heavy atom. The van der Waals surface area contributed by atoms with E-state index in [2.05, 4.69) is 10.6 Å². The monoisotopic (exact) mass is 836 g/mol. The van der Waals surface area contributed by atoms with Gasteiger partial charge in [-0.15, -0.1) is 0 Å². The summed E-state index contributed by atoms with van der Waals surface area (Å²) in [5.41, 5.74) is 1.02. The van der Waals surface area contributed by atoms with E-state index in [4.69, 9.17) is 37.9 Å². The lowest BCUT2D eigenvalue weighted by molar-refractivity contribution is -0.135. The zero-order chi connectivity index (χ0) is 43.3. The van der Waals surface area contributed by atoms with Gasteiger partial charge in [0.1, 0.15) is 35.0 Å². The van der Waals surface area contributed by atoms with E-state index in [0.717, 1.165) is 0 Å². The molecule has 2 atom stereocenters. The minimum atomic E-state index is -4.80. The highest BCUT2D eigenvalue weighted by Crippen LogP contribution is 2.60. The van der Waals surface area contributed by atoms with Gasteiger partial charge in [0.2, 0.25) is 11.5 Å². The topological polar surface area (TPSA) is 207 Å². The molecule has 4 aromatic rings. The Morgan fingerprint density at radius 3 is 1.08 bits per heavy atom. The first-order chi connectivity index (χ1) is 28.4. The van der Waals surface area contributed by atoms with Crippen LogP contribution >= 0.6 is 0 Å². The smallest absolute Gasteiger partial charge is 0.322 e. The summed E-state index contributed by atoms with van der Waals surface area (Å²) in [5.74, 6) is -3.10. The predicted octanol–water partition coefficient (Wildman–Crippen LogP) is 6.37. The van der Waals surface area contributed by atoms with Gasteiger partial charge in [0.05, 0.1) is 68.0 Å². The second-order valence-electron chi connectivity index (χ2n) is 12.3. The van der Waals surface area contributed by atoms with Crippen LogP contribution in [0.25, 0.3) is 12.2 Å². The standard InChI is InChI=1S/C42H48N2O14S/c1-51-35-31(37(53-3)41(57-7)39(55-5)33(35)43-23-29(45)46)27(21-19-25-15-11-9-12-16-25)59(49,50)28(22-20-26-17-13-10-14-18-26)32-36(52-2)34(44-24-30(47)48)40(56-6)42(58-8)38(32)54-4/h9-22,27-28,43-44H,23-24H2,1-8H3,(H,45,46)(H,47,48). The molecule has 4 aromatic carbocycles. The number of aliphatic carboxylic acids is 2. The molecule has 0 fully saturated rings. The molecule has 16 nitrogen and oxygen atoms in total. The third-order valence-electron chi connectivity index (χ3n) is 8.98. The van der Waals surface area contributed by atoms with E-state index in [0.29, 0.717) is 11.1 Å². The van der Waals surface area contributed by atoms with Crippen molar-refractivity contribution in [3.05, 3.63) is 95.1 Å². The minimum absolute atomic E-state index is 0.0210. The van der Waals surface area contributed by atoms with Gasteiger partial charge in [-0.05, 0) is 11.1 Å². The summed E-state index contributed by atoms with van der Waals surface area (Å²) in [7, 11) is 5.67. The molecule has 0 saturated heterocycles. The summed E-state index contributed by atoms with van der Waals surface area (Å²) < 4.78 is 78.8. The molecule has 2 unspecified atom stereocenters. The average molecular weight is 837 g/mol. The van der Waals surface area contributed by atoms with Crippen molar-refractivity contribution >= 4 is 45.3 Å². The molecule has 0 heterocycles. The number of hydrogen-bond donors (Lipinski definition) is 4. The van der Waals surface area contributed by atoms with Crippen LogP contribution in [0.5, 0.6) is 46.0 Å². The number of methoxy groups -OCH3 is 8. The maximum Gasteiger partial charge on any atom is 0.322 e. The first kappa shape index (κ1) is 45.0. The number of carbonyl (C=O) groups is 2. The molecule has 0 spiro atoms. The average Bonchev–Trinajstić information content (AvgIpc) is 3.24. The van der Waals surface area contributed by atoms with Crippen molar-refractivity contribution < 1.29 is 66.1 Å². The highest BCUT2D eigenvalue weighted by Gasteiger charge is 2.44. The van der Waals surface area contributed by atoms with E-state index in [1.165, 1.54) is 69.0 Å². The minimum Gasteiger partial charge on any atom is -0.494 e. The molecule has 4 N–H and O–H groups in total. The SMILES string of the molecule is COc1c(NCC(=O)O)c(OC)c(C(C=Cc2ccccc2)S(=O)(=O)C(C=Cc2ccccc2)c2c(OC)c(NCC(=O)O)c(OC)c(OC)c2OC)c(OC)c1OC. The van der Waals surface area contributed by atoms with Crippen LogP contribution in [0, 0.1) is 0 Å². The van der Waals surface area contributed by atoms with Gasteiger partial charge in [0, 0.05) is 0 Å². The van der Waals surface area contributed by atoms with Crippen LogP contribution in [0.15, 0.2) is 72.8 Å². The number of benzene rings is 4. The highest BCUT2D eigenvalue weighted by molar-refractivity contribution is 7.92. The molecule has 316 valence electrons. The van der Waals surface area contributed by atoms with Gasteiger partial charge in [0.15, 0.2) is 44.3 Å². The molecule has 17 heteroatoms. The number of hydrogen-bond acceptors (Lipinski definition) is 14. The third-order valence-corrected chi connectivity index (χ3v) is 11.2. The molecule has 0 aliphatic rings. The van der Waals surface area contributed by atoms with Crippen LogP contribution in [0.1, 0.15) is 32.8 Å². The quantitative estimate of drug-likeness (QED) is 0.0678. The molecule has 0 saturated carbocycles. The van der Waals surface area contributed by atoms with E-state index >= 15 is 8.42 Å². The summed E-state index contributed by atoms with van der Waals surface area (Å²) >= 11 is 0. The molecule has 0 bridgehead atoms. The number of anilines is 2. The number of carboxylic acids is 2. The van der Waals surface area contributed by atoms with Crippen molar-refractivity contribution in [2.24, 2.45) is 0 Å². The molecular weight excluding hydrogens is 789 g/mol. The molecule has 0 aliphatic heterocycles. The van der Waals surface area contributed by atoms with Crippen LogP contribution in [-0.2, 0) is 19.4 Å². The van der Waals surface area contributed by atoms with Crippen LogP contribution in [0.2, 0.25) is 0 Å². The predicted molar refractivity (Wildman–Crippen MR) is 223 cm³/mol. The van der Waals surface area contributed by atoms with E-state index in [9.17, 15) is 19.8 Å². The third kappa shape index (κ3) is 9.69. The fourth-order valence-corrected chi connectivity index (χ4v) is 8.53. The Labute approximate surface area is 342 Å². The van der Waals surface area contributed by atoms with Crippen molar-refractivity contribution in [2.45, 2.75) is 10.5 Å². The van der Waals surface area contributed by atoms with E-state index < -0.39 is 45.4 Å². The lowest BCUT2D eigenvalue weighted by Crippen LogP contribution is -2.23. The van der Waals surface area contributed by atoms with Gasteiger partial charge in [0.25, 0.3) is 0 Å². The highest BCUT2D eigenvalue weighted by atomic mass is 32.2. The fraction of sp³-hybridized carbons (Fsp3) is 0.286. The van der Waals surface area contributed by atoms with Crippen LogP contribution in [-0.4, -0.2) is 101 Å². The summed E-state index contributed by atoms with van der Waals surface area (Å²) in [4.78, 5) is 23.7. The van der Waals surface area contributed by atoms with Crippen molar-refractivity contribution in [3.8, 4) is 46.0 Å². The molecule has 0 aromatic heterocycles. The first-order valence-electron chi connectivity index (χ1n) is 17.8. The zero-order valence-corrected chi connectivity index (χ0v) is 34.7. The number of rotatable bonds is 22. The Balaban J connectivity index is 2.29. The lowest BCUT2D eigenvalue weighted by Gasteiger charge is -2.30. The van der Waals surface area contributed by atoms with Crippen molar-refractivity contribution in [1.29, 1.82) is 0 Å². The Kier molecular flexibility index (Phi) is 15.7. The normalized spacial score (nSPS) is 12.3. The molecule has 59 heavy (non-hydrogen) atoms. The zero-order valence-electron chi connectivity index (χ0n) is 33.9. The maximum absolute atomic E-state index is 16.1. The van der Waals surface area contributed by atoms with Crippen molar-refractivity contribution in [3.63, 3.8) is 0 Å². The second-order valence-corrected chi connectivity index (χ2v) is 14.5. The van der Waals surface area contributed by atoms with Gasteiger partial charge in [-0.25, -0.2) is 8.42 Å². The van der Waals surface area contributed by atoms with Crippen LogP contribution in [0.3, 0.4) is 0 Å². The summed E-state index contributed by atoms with van der Waals surface area (Å²) in [5, 5.41) is 21.5. The second kappa shape index (κ2) is 20.6. The summed E-state index contributed by atoms with van der Waals surface area (Å²) in [6.07, 6.45) is 6.07. The van der Waals surface area contributed by atoms with E-state index in [1.54, 1.807) is 60.7 Å². The molecule has 0 aliphatic carbocycles. The summed E-state index contributed by atoms with van der Waals surface area (Å²) in [6, 6.07) is 17.8. The Morgan fingerprint density at radius 1 is 0.508 bits per heavy atom.